The zero-order valence-corrected chi connectivity index (χ0v) is 17.1. The second-order valence-electron chi connectivity index (χ2n) is 7.33. The van der Waals surface area contributed by atoms with Crippen LogP contribution in [0.15, 0.2) is 54.6 Å². The molecule has 0 radical (unpaired) electrons. The third-order valence-electron chi connectivity index (χ3n) is 5.51. The molecule has 150 valence electrons. The Balaban J connectivity index is 1.46. The van der Waals surface area contributed by atoms with Gasteiger partial charge in [0.05, 0.1) is 12.8 Å². The molecule has 0 unspecified atom stereocenters. The van der Waals surface area contributed by atoms with E-state index in [1.165, 1.54) is 11.3 Å². The van der Waals surface area contributed by atoms with Crippen molar-refractivity contribution in [2.24, 2.45) is 7.05 Å². The highest BCUT2D eigenvalue weighted by molar-refractivity contribution is 5.94. The van der Waals surface area contributed by atoms with E-state index in [9.17, 15) is 4.79 Å². The first-order valence-electron chi connectivity index (χ1n) is 9.85. The van der Waals surface area contributed by atoms with Crippen LogP contribution in [0.3, 0.4) is 0 Å². The van der Waals surface area contributed by atoms with Gasteiger partial charge in [-0.25, -0.2) is 0 Å². The lowest BCUT2D eigenvalue weighted by Crippen LogP contribution is -2.49. The predicted molar refractivity (Wildman–Crippen MR) is 114 cm³/mol. The molecule has 0 spiro atoms. The maximum Gasteiger partial charge on any atom is 0.272 e. The molecule has 2 aromatic carbocycles. The van der Waals surface area contributed by atoms with Gasteiger partial charge in [-0.3, -0.25) is 9.48 Å². The number of nitrogens with zero attached hydrogens (tertiary/aromatic N) is 4. The molecule has 0 bridgehead atoms. The van der Waals surface area contributed by atoms with E-state index in [1.807, 2.05) is 42.3 Å². The van der Waals surface area contributed by atoms with Crippen molar-refractivity contribution in [1.29, 1.82) is 0 Å². The lowest BCUT2D eigenvalue weighted by molar-refractivity contribution is 0.0735. The Morgan fingerprint density at radius 3 is 2.34 bits per heavy atom. The lowest BCUT2D eigenvalue weighted by atomic mass is 10.1. The van der Waals surface area contributed by atoms with Gasteiger partial charge >= 0.3 is 0 Å². The number of ether oxygens (including phenoxy) is 1. The normalized spacial score (nSPS) is 14.2. The van der Waals surface area contributed by atoms with Gasteiger partial charge in [-0.05, 0) is 48.9 Å². The van der Waals surface area contributed by atoms with Crippen LogP contribution in [0.25, 0.3) is 11.3 Å². The first-order valence-corrected chi connectivity index (χ1v) is 9.85. The monoisotopic (exact) mass is 390 g/mol. The maximum absolute atomic E-state index is 13.1. The van der Waals surface area contributed by atoms with E-state index in [2.05, 4.69) is 41.2 Å². The second kappa shape index (κ2) is 7.99. The predicted octanol–water partition coefficient (Wildman–Crippen LogP) is 3.37. The Labute approximate surface area is 171 Å². The molecule has 0 atom stereocenters. The summed E-state index contributed by atoms with van der Waals surface area (Å²) in [5, 5.41) is 4.54. The number of amides is 1. The van der Waals surface area contributed by atoms with Gasteiger partial charge in [-0.2, -0.15) is 5.10 Å². The summed E-state index contributed by atoms with van der Waals surface area (Å²) in [5.41, 5.74) is 4.88. The number of aryl methyl sites for hydroxylation is 2. The molecule has 3 aromatic rings. The van der Waals surface area contributed by atoms with Crippen molar-refractivity contribution in [3.8, 4) is 17.0 Å². The molecular weight excluding hydrogens is 364 g/mol. The molecule has 1 aromatic heterocycles. The van der Waals surface area contributed by atoms with Gasteiger partial charge in [0.25, 0.3) is 5.91 Å². The fourth-order valence-corrected chi connectivity index (χ4v) is 3.80. The summed E-state index contributed by atoms with van der Waals surface area (Å²) >= 11 is 0. The van der Waals surface area contributed by atoms with Crippen LogP contribution in [0, 0.1) is 6.92 Å². The summed E-state index contributed by atoms with van der Waals surface area (Å²) in [6.45, 7) is 5.20. The number of carbonyl (C=O) groups is 1. The third kappa shape index (κ3) is 3.83. The van der Waals surface area contributed by atoms with E-state index in [0.29, 0.717) is 18.8 Å². The summed E-state index contributed by atoms with van der Waals surface area (Å²) in [7, 11) is 3.47. The van der Waals surface area contributed by atoms with Gasteiger partial charge in [-0.15, -0.1) is 0 Å². The van der Waals surface area contributed by atoms with Crippen LogP contribution >= 0.6 is 0 Å². The highest BCUT2D eigenvalue weighted by Crippen LogP contribution is 2.24. The Kier molecular flexibility index (Phi) is 5.25. The van der Waals surface area contributed by atoms with Crippen molar-refractivity contribution in [1.82, 2.24) is 14.7 Å². The van der Waals surface area contributed by atoms with E-state index in [-0.39, 0.29) is 5.91 Å². The summed E-state index contributed by atoms with van der Waals surface area (Å²) in [5.74, 6) is 0.830. The van der Waals surface area contributed by atoms with E-state index in [4.69, 9.17) is 4.74 Å². The van der Waals surface area contributed by atoms with Crippen LogP contribution in [-0.4, -0.2) is 53.9 Å². The second-order valence-corrected chi connectivity index (χ2v) is 7.33. The van der Waals surface area contributed by atoms with Crippen LogP contribution < -0.4 is 9.64 Å². The number of carbonyl (C=O) groups excluding carboxylic acids is 1. The molecule has 1 aliphatic rings. The molecule has 29 heavy (non-hydrogen) atoms. The number of piperazine rings is 1. The SMILES string of the molecule is COc1ccc(-c2cc(C(=O)N3CCN(c4ccccc4C)CC3)n(C)n2)cc1. The fraction of sp³-hybridized carbons (Fsp3) is 0.304. The zero-order valence-electron chi connectivity index (χ0n) is 17.1. The summed E-state index contributed by atoms with van der Waals surface area (Å²) in [6, 6.07) is 18.0. The molecule has 2 heterocycles. The Hall–Kier alpha value is -3.28. The Morgan fingerprint density at radius 2 is 1.69 bits per heavy atom. The Bertz CT molecular complexity index is 1000. The van der Waals surface area contributed by atoms with E-state index >= 15 is 0 Å². The highest BCUT2D eigenvalue weighted by atomic mass is 16.5. The standard InChI is InChI=1S/C23H26N4O2/c1-17-6-4-5-7-21(17)26-12-14-27(15-13-26)23(28)22-16-20(24-25(22)2)18-8-10-19(29-3)11-9-18/h4-11,16H,12-15H2,1-3H3. The van der Waals surface area contributed by atoms with Gasteiger partial charge in [-0.1, -0.05) is 18.2 Å². The average Bonchev–Trinajstić information content (AvgIpc) is 3.15. The van der Waals surface area contributed by atoms with E-state index in [0.717, 1.165) is 30.1 Å². The molecule has 1 fully saturated rings. The van der Waals surface area contributed by atoms with Gasteiger partial charge in [0.15, 0.2) is 0 Å². The quantitative estimate of drug-likeness (QED) is 0.685. The molecule has 6 nitrogen and oxygen atoms in total. The molecule has 4 rings (SSSR count). The van der Waals surface area contributed by atoms with Gasteiger partial charge in [0.1, 0.15) is 11.4 Å². The minimum Gasteiger partial charge on any atom is -0.497 e. The maximum atomic E-state index is 13.1. The van der Waals surface area contributed by atoms with Crippen molar-refractivity contribution in [2.75, 3.05) is 38.2 Å². The zero-order chi connectivity index (χ0) is 20.4. The number of hydrogen-bond donors (Lipinski definition) is 0. The number of methoxy groups -OCH3 is 1. The third-order valence-corrected chi connectivity index (χ3v) is 5.51. The van der Waals surface area contributed by atoms with Crippen molar-refractivity contribution >= 4 is 11.6 Å². The highest BCUT2D eigenvalue weighted by Gasteiger charge is 2.25. The van der Waals surface area contributed by atoms with Crippen LogP contribution in [-0.2, 0) is 7.05 Å². The molecule has 6 heteroatoms. The number of hydrogen-bond acceptors (Lipinski definition) is 4. The minimum atomic E-state index is 0.0317. The van der Waals surface area contributed by atoms with Crippen molar-refractivity contribution in [2.45, 2.75) is 6.92 Å². The summed E-state index contributed by atoms with van der Waals surface area (Å²) < 4.78 is 6.89. The lowest BCUT2D eigenvalue weighted by Gasteiger charge is -2.36. The molecular formula is C23H26N4O2. The van der Waals surface area contributed by atoms with Crippen LogP contribution in [0.5, 0.6) is 5.75 Å². The summed E-state index contributed by atoms with van der Waals surface area (Å²) in [6.07, 6.45) is 0. The number of para-hydroxylation sites is 1. The first kappa shape index (κ1) is 19.1. The number of rotatable bonds is 4. The minimum absolute atomic E-state index is 0.0317. The molecule has 0 N–H and O–H groups in total. The molecule has 1 aliphatic heterocycles. The smallest absolute Gasteiger partial charge is 0.272 e. The van der Waals surface area contributed by atoms with E-state index in [1.54, 1.807) is 11.8 Å². The topological polar surface area (TPSA) is 50.6 Å². The number of anilines is 1. The molecule has 1 saturated heterocycles. The van der Waals surface area contributed by atoms with E-state index < -0.39 is 0 Å². The first-order chi connectivity index (χ1) is 14.1. The largest absolute Gasteiger partial charge is 0.497 e. The number of aromatic nitrogens is 2. The fourth-order valence-electron chi connectivity index (χ4n) is 3.80. The van der Waals surface area contributed by atoms with Crippen LogP contribution in [0.1, 0.15) is 16.1 Å². The Morgan fingerprint density at radius 1 is 1.00 bits per heavy atom. The van der Waals surface area contributed by atoms with Gasteiger partial charge in [0.2, 0.25) is 0 Å². The van der Waals surface area contributed by atoms with Gasteiger partial charge in [0, 0.05) is 44.5 Å². The van der Waals surface area contributed by atoms with Crippen LogP contribution in [0.4, 0.5) is 5.69 Å². The summed E-state index contributed by atoms with van der Waals surface area (Å²) in [4.78, 5) is 17.4. The molecule has 1 amide bonds. The van der Waals surface area contributed by atoms with Crippen LogP contribution in [0.2, 0.25) is 0 Å². The van der Waals surface area contributed by atoms with Gasteiger partial charge < -0.3 is 14.5 Å². The van der Waals surface area contributed by atoms with Crippen molar-refractivity contribution in [3.05, 3.63) is 65.9 Å². The molecule has 0 aliphatic carbocycles. The van der Waals surface area contributed by atoms with Crippen molar-refractivity contribution in [3.63, 3.8) is 0 Å². The average molecular weight is 390 g/mol. The molecule has 0 saturated carbocycles. The van der Waals surface area contributed by atoms with Crippen molar-refractivity contribution < 1.29 is 9.53 Å². The number of benzene rings is 2.